The average molecular weight is 373 g/mol. The summed E-state index contributed by atoms with van der Waals surface area (Å²) < 4.78 is 5.97. The largest absolute Gasteiger partial charge is 0.493 e. The Kier molecular flexibility index (Phi) is 4.55. The molecule has 4 nitrogen and oxygen atoms in total. The zero-order valence-electron chi connectivity index (χ0n) is 16.0. The van der Waals surface area contributed by atoms with Gasteiger partial charge in [-0.2, -0.15) is 0 Å². The Hall–Kier alpha value is -3.27. The second kappa shape index (κ2) is 7.04. The van der Waals surface area contributed by atoms with E-state index in [9.17, 15) is 9.90 Å². The van der Waals surface area contributed by atoms with Crippen LogP contribution in [0.4, 0.5) is 4.79 Å². The summed E-state index contributed by atoms with van der Waals surface area (Å²) >= 11 is 0. The van der Waals surface area contributed by atoms with E-state index in [2.05, 4.69) is 41.7 Å². The van der Waals surface area contributed by atoms with Gasteiger partial charge in [0.05, 0.1) is 12.6 Å². The molecule has 3 aromatic carbocycles. The van der Waals surface area contributed by atoms with Gasteiger partial charge in [0.15, 0.2) is 0 Å². The minimum Gasteiger partial charge on any atom is -0.493 e. The third kappa shape index (κ3) is 3.46. The minimum atomic E-state index is -1.02. The van der Waals surface area contributed by atoms with Crippen LogP contribution in [0.3, 0.4) is 0 Å². The number of hydrogen-bond acceptors (Lipinski definition) is 2. The number of hydrogen-bond donors (Lipinski definition) is 2. The van der Waals surface area contributed by atoms with Crippen molar-refractivity contribution in [1.82, 2.24) is 5.32 Å². The standard InChI is InChI=1S/C24H23NO3/c1-24(2)15-28-21-14-19(12-13-20(21)22(24)25-23(26)27)18-10-8-17(9-11-18)16-6-4-3-5-7-16/h3-14,22,25H,15H2,1-2H3,(H,26,27). The Morgan fingerprint density at radius 3 is 2.14 bits per heavy atom. The number of nitrogens with one attached hydrogen (secondary N) is 1. The van der Waals surface area contributed by atoms with Crippen molar-refractivity contribution in [2.75, 3.05) is 6.61 Å². The van der Waals surface area contributed by atoms with Crippen LogP contribution >= 0.6 is 0 Å². The molecular weight excluding hydrogens is 350 g/mol. The lowest BCUT2D eigenvalue weighted by molar-refractivity contribution is 0.0996. The van der Waals surface area contributed by atoms with Crippen molar-refractivity contribution in [3.05, 3.63) is 78.4 Å². The molecule has 3 aromatic rings. The molecule has 4 rings (SSSR count). The van der Waals surface area contributed by atoms with Gasteiger partial charge < -0.3 is 15.2 Å². The van der Waals surface area contributed by atoms with Crippen LogP contribution < -0.4 is 10.1 Å². The van der Waals surface area contributed by atoms with Crippen molar-refractivity contribution in [3.8, 4) is 28.0 Å². The number of carboxylic acid groups (broad SMARTS) is 1. The molecule has 2 N–H and O–H groups in total. The van der Waals surface area contributed by atoms with Gasteiger partial charge in [0.2, 0.25) is 0 Å². The number of rotatable bonds is 3. The molecule has 0 aliphatic carbocycles. The molecule has 0 radical (unpaired) electrons. The van der Waals surface area contributed by atoms with Crippen molar-refractivity contribution in [3.63, 3.8) is 0 Å². The van der Waals surface area contributed by atoms with Crippen LogP contribution in [0, 0.1) is 5.41 Å². The summed E-state index contributed by atoms with van der Waals surface area (Å²) in [5.74, 6) is 0.739. The molecule has 28 heavy (non-hydrogen) atoms. The van der Waals surface area contributed by atoms with Crippen molar-refractivity contribution in [2.24, 2.45) is 5.41 Å². The normalized spacial score (nSPS) is 17.3. The van der Waals surface area contributed by atoms with Gasteiger partial charge in [-0.25, -0.2) is 4.79 Å². The predicted octanol–water partition coefficient (Wildman–Crippen LogP) is 5.75. The topological polar surface area (TPSA) is 58.6 Å². The summed E-state index contributed by atoms with van der Waals surface area (Å²) in [5, 5.41) is 11.9. The highest BCUT2D eigenvalue weighted by Crippen LogP contribution is 2.44. The zero-order valence-corrected chi connectivity index (χ0v) is 16.0. The van der Waals surface area contributed by atoms with E-state index in [1.165, 1.54) is 11.1 Å². The second-order valence-electron chi connectivity index (χ2n) is 7.86. The highest BCUT2D eigenvalue weighted by atomic mass is 16.5. The molecule has 0 spiro atoms. The van der Waals surface area contributed by atoms with Crippen LogP contribution in [0.25, 0.3) is 22.3 Å². The van der Waals surface area contributed by atoms with E-state index in [4.69, 9.17) is 4.74 Å². The summed E-state index contributed by atoms with van der Waals surface area (Å²) in [6.07, 6.45) is -1.02. The molecule has 1 amide bonds. The van der Waals surface area contributed by atoms with E-state index in [1.54, 1.807) is 0 Å². The van der Waals surface area contributed by atoms with Crippen LogP contribution in [0.5, 0.6) is 5.75 Å². The number of carbonyl (C=O) groups is 1. The van der Waals surface area contributed by atoms with Crippen molar-refractivity contribution in [2.45, 2.75) is 19.9 Å². The third-order valence-corrected chi connectivity index (χ3v) is 5.30. The summed E-state index contributed by atoms with van der Waals surface area (Å²) in [7, 11) is 0. The van der Waals surface area contributed by atoms with Gasteiger partial charge in [0.1, 0.15) is 5.75 Å². The van der Waals surface area contributed by atoms with Crippen molar-refractivity contribution in [1.29, 1.82) is 0 Å². The Balaban J connectivity index is 1.65. The van der Waals surface area contributed by atoms with E-state index in [-0.39, 0.29) is 11.5 Å². The fraction of sp³-hybridized carbons (Fsp3) is 0.208. The molecule has 0 fully saturated rings. The maximum Gasteiger partial charge on any atom is 0.405 e. The molecule has 142 valence electrons. The molecule has 4 heteroatoms. The van der Waals surface area contributed by atoms with E-state index in [1.807, 2.05) is 50.2 Å². The third-order valence-electron chi connectivity index (χ3n) is 5.30. The molecule has 1 aliphatic rings. The van der Waals surface area contributed by atoms with Crippen LogP contribution in [0.2, 0.25) is 0 Å². The van der Waals surface area contributed by atoms with Gasteiger partial charge >= 0.3 is 6.09 Å². The first-order valence-corrected chi connectivity index (χ1v) is 9.36. The highest BCUT2D eigenvalue weighted by Gasteiger charge is 2.38. The summed E-state index contributed by atoms with van der Waals surface area (Å²) in [4.78, 5) is 11.3. The van der Waals surface area contributed by atoms with E-state index in [0.29, 0.717) is 6.61 Å². The lowest BCUT2D eigenvalue weighted by atomic mass is 9.78. The van der Waals surface area contributed by atoms with Crippen LogP contribution in [0.1, 0.15) is 25.5 Å². The molecule has 0 saturated carbocycles. The van der Waals surface area contributed by atoms with Crippen molar-refractivity contribution >= 4 is 6.09 Å². The van der Waals surface area contributed by atoms with Gasteiger partial charge in [0.25, 0.3) is 0 Å². The summed E-state index contributed by atoms with van der Waals surface area (Å²) in [6.45, 7) is 4.47. The van der Waals surface area contributed by atoms with E-state index in [0.717, 1.165) is 22.4 Å². The van der Waals surface area contributed by atoms with Crippen LogP contribution in [-0.4, -0.2) is 17.8 Å². The molecule has 0 aromatic heterocycles. The molecule has 1 aliphatic heterocycles. The van der Waals surface area contributed by atoms with Gasteiger partial charge in [-0.1, -0.05) is 80.6 Å². The number of ether oxygens (including phenoxy) is 1. The number of amides is 1. The maximum atomic E-state index is 11.3. The number of fused-ring (bicyclic) bond motifs is 1. The number of benzene rings is 3. The molecule has 1 heterocycles. The molecule has 1 atom stereocenters. The first-order valence-electron chi connectivity index (χ1n) is 9.36. The highest BCUT2D eigenvalue weighted by molar-refractivity contribution is 5.72. The van der Waals surface area contributed by atoms with Crippen LogP contribution in [0.15, 0.2) is 72.8 Å². The van der Waals surface area contributed by atoms with E-state index < -0.39 is 6.09 Å². The van der Waals surface area contributed by atoms with E-state index >= 15 is 0 Å². The maximum absolute atomic E-state index is 11.3. The lowest BCUT2D eigenvalue weighted by Crippen LogP contribution is -2.43. The monoisotopic (exact) mass is 373 g/mol. The molecule has 1 unspecified atom stereocenters. The first-order chi connectivity index (χ1) is 13.4. The fourth-order valence-corrected chi connectivity index (χ4v) is 3.73. The molecule has 0 saturated heterocycles. The van der Waals surface area contributed by atoms with Gasteiger partial charge in [-0.15, -0.1) is 0 Å². The van der Waals surface area contributed by atoms with Crippen LogP contribution in [-0.2, 0) is 0 Å². The average Bonchev–Trinajstić information content (AvgIpc) is 2.70. The Labute approximate surface area is 164 Å². The van der Waals surface area contributed by atoms with Crippen molar-refractivity contribution < 1.29 is 14.6 Å². The quantitative estimate of drug-likeness (QED) is 0.615. The first kappa shape index (κ1) is 18.1. The smallest absolute Gasteiger partial charge is 0.405 e. The second-order valence-corrected chi connectivity index (χ2v) is 7.86. The SMILES string of the molecule is CC1(C)COc2cc(-c3ccc(-c4ccccc4)cc3)ccc2C1NC(=O)O. The Bertz CT molecular complexity index is 994. The Morgan fingerprint density at radius 2 is 1.50 bits per heavy atom. The zero-order chi connectivity index (χ0) is 19.7. The fourth-order valence-electron chi connectivity index (χ4n) is 3.73. The lowest BCUT2D eigenvalue weighted by Gasteiger charge is -2.39. The predicted molar refractivity (Wildman–Crippen MR) is 110 cm³/mol. The summed E-state index contributed by atoms with van der Waals surface area (Å²) in [5.41, 5.74) is 5.07. The summed E-state index contributed by atoms with van der Waals surface area (Å²) in [6, 6.07) is 24.4. The molecule has 0 bridgehead atoms. The molecular formula is C24H23NO3. The van der Waals surface area contributed by atoms with Gasteiger partial charge in [-0.05, 0) is 28.3 Å². The van der Waals surface area contributed by atoms with Gasteiger partial charge in [-0.3, -0.25) is 0 Å². The van der Waals surface area contributed by atoms with Gasteiger partial charge in [0, 0.05) is 11.0 Å². The Morgan fingerprint density at radius 1 is 0.929 bits per heavy atom. The minimum absolute atomic E-state index is 0.303.